The van der Waals surface area contributed by atoms with Crippen molar-refractivity contribution in [3.05, 3.63) is 11.9 Å². The number of nitrogens with zero attached hydrogens (tertiary/aromatic N) is 2. The fourth-order valence-corrected chi connectivity index (χ4v) is 4.35. The lowest BCUT2D eigenvalue weighted by Gasteiger charge is -2.33. The van der Waals surface area contributed by atoms with Gasteiger partial charge in [0.05, 0.1) is 18.3 Å². The molecule has 0 bridgehead atoms. The highest BCUT2D eigenvalue weighted by molar-refractivity contribution is 7.99. The van der Waals surface area contributed by atoms with E-state index in [1.54, 1.807) is 11.8 Å². The monoisotopic (exact) mass is 374 g/mol. The molecule has 0 saturated heterocycles. The minimum atomic E-state index is -2.61. The highest BCUT2D eigenvalue weighted by Gasteiger charge is 2.37. The molecule has 2 aliphatic rings. The molecule has 9 heteroatoms. The molecule has 0 radical (unpaired) electrons. The Morgan fingerprint density at radius 3 is 2.92 bits per heavy atom. The van der Waals surface area contributed by atoms with Gasteiger partial charge in [0.2, 0.25) is 5.92 Å². The molecular formula is C16H24F2N4O2S. The Morgan fingerprint density at radius 1 is 1.48 bits per heavy atom. The van der Waals surface area contributed by atoms with Gasteiger partial charge in [0, 0.05) is 44.3 Å². The number of carbonyl (C=O) groups is 1. The van der Waals surface area contributed by atoms with E-state index in [9.17, 15) is 18.7 Å². The predicted octanol–water partition coefficient (Wildman–Crippen LogP) is 2.02. The number of alkyl halides is 2. The number of aliphatic hydroxyl groups excluding tert-OH is 1. The van der Waals surface area contributed by atoms with Gasteiger partial charge < -0.3 is 20.3 Å². The fourth-order valence-electron chi connectivity index (χ4n) is 3.38. The fraction of sp³-hybridized carbons (Fsp3) is 0.750. The summed E-state index contributed by atoms with van der Waals surface area (Å²) >= 11 is 1.73. The molecule has 25 heavy (non-hydrogen) atoms. The van der Waals surface area contributed by atoms with E-state index < -0.39 is 12.0 Å². The minimum Gasteiger partial charge on any atom is -0.394 e. The van der Waals surface area contributed by atoms with Gasteiger partial charge in [-0.15, -0.1) is 0 Å². The standard InChI is InChI=1S/C16H24F2N4O2S/c17-16(18)4-1-11(2-5-16)13(10-23)21-14(24)19-6-3-12-9-22-7-8-25-15(22)20-12/h9,11,13,23H,1-8,10H2,(H2,19,21,24). The first-order chi connectivity index (χ1) is 12.0. The summed E-state index contributed by atoms with van der Waals surface area (Å²) in [6, 6.07) is -0.860. The maximum atomic E-state index is 13.2. The Hall–Kier alpha value is -1.35. The number of hydrogen-bond donors (Lipinski definition) is 3. The molecule has 1 saturated carbocycles. The molecule has 2 amide bonds. The summed E-state index contributed by atoms with van der Waals surface area (Å²) in [6.07, 6.45) is 2.91. The number of fused-ring (bicyclic) bond motifs is 1. The lowest BCUT2D eigenvalue weighted by atomic mass is 9.82. The van der Waals surface area contributed by atoms with Crippen LogP contribution in [0.25, 0.3) is 0 Å². The average Bonchev–Trinajstić information content (AvgIpc) is 3.14. The van der Waals surface area contributed by atoms with Gasteiger partial charge in [-0.25, -0.2) is 18.6 Å². The molecule has 140 valence electrons. The molecule has 1 aliphatic carbocycles. The second-order valence-electron chi connectivity index (χ2n) is 6.69. The Morgan fingerprint density at radius 2 is 2.24 bits per heavy atom. The van der Waals surface area contributed by atoms with Gasteiger partial charge in [-0.05, 0) is 18.8 Å². The first-order valence-corrected chi connectivity index (χ1v) is 9.67. The predicted molar refractivity (Wildman–Crippen MR) is 91.0 cm³/mol. The maximum Gasteiger partial charge on any atom is 0.315 e. The van der Waals surface area contributed by atoms with Gasteiger partial charge >= 0.3 is 6.03 Å². The molecule has 6 nitrogen and oxygen atoms in total. The van der Waals surface area contributed by atoms with Crippen LogP contribution in [0.2, 0.25) is 0 Å². The molecule has 2 heterocycles. The zero-order valence-corrected chi connectivity index (χ0v) is 14.8. The van der Waals surface area contributed by atoms with Crippen molar-refractivity contribution in [2.24, 2.45) is 5.92 Å². The molecule has 0 aromatic carbocycles. The number of carbonyl (C=O) groups excluding carboxylic acids is 1. The van der Waals surface area contributed by atoms with Crippen molar-refractivity contribution in [3.63, 3.8) is 0 Å². The lowest BCUT2D eigenvalue weighted by molar-refractivity contribution is -0.0510. The van der Waals surface area contributed by atoms with Gasteiger partial charge in [0.25, 0.3) is 0 Å². The number of aliphatic hydroxyl groups is 1. The number of urea groups is 1. The van der Waals surface area contributed by atoms with Crippen molar-refractivity contribution < 1.29 is 18.7 Å². The topological polar surface area (TPSA) is 79.2 Å². The number of aryl methyl sites for hydroxylation is 1. The highest BCUT2D eigenvalue weighted by atomic mass is 32.2. The molecule has 3 rings (SSSR count). The van der Waals surface area contributed by atoms with Gasteiger partial charge in [-0.1, -0.05) is 11.8 Å². The van der Waals surface area contributed by atoms with E-state index in [0.29, 0.717) is 25.8 Å². The van der Waals surface area contributed by atoms with Crippen molar-refractivity contribution >= 4 is 17.8 Å². The first kappa shape index (κ1) is 18.4. The number of halogens is 2. The smallest absolute Gasteiger partial charge is 0.315 e. The van der Waals surface area contributed by atoms with Crippen molar-refractivity contribution in [3.8, 4) is 0 Å². The summed E-state index contributed by atoms with van der Waals surface area (Å²) in [6.45, 7) is 1.17. The van der Waals surface area contributed by atoms with Crippen molar-refractivity contribution in [2.45, 2.75) is 55.8 Å². The second-order valence-corrected chi connectivity index (χ2v) is 7.75. The molecule has 0 spiro atoms. The van der Waals surface area contributed by atoms with Crippen molar-refractivity contribution in [1.82, 2.24) is 20.2 Å². The quantitative estimate of drug-likeness (QED) is 0.712. The Bertz CT molecular complexity index is 579. The molecular weight excluding hydrogens is 350 g/mol. The van der Waals surface area contributed by atoms with Gasteiger partial charge in [-0.2, -0.15) is 0 Å². The van der Waals surface area contributed by atoms with Crippen molar-refractivity contribution in [1.29, 1.82) is 0 Å². The van der Waals surface area contributed by atoms with Crippen molar-refractivity contribution in [2.75, 3.05) is 18.9 Å². The van der Waals surface area contributed by atoms with E-state index in [2.05, 4.69) is 20.2 Å². The number of rotatable bonds is 6. The Labute approximate surface area is 149 Å². The van der Waals surface area contributed by atoms with Gasteiger partial charge in [0.15, 0.2) is 5.16 Å². The molecule has 1 aromatic heterocycles. The van der Waals surface area contributed by atoms with Gasteiger partial charge in [-0.3, -0.25) is 0 Å². The van der Waals surface area contributed by atoms with Crippen LogP contribution in [0.15, 0.2) is 11.4 Å². The third-order valence-electron chi connectivity index (χ3n) is 4.86. The SMILES string of the molecule is O=C(NCCc1cn2c(n1)SCC2)NC(CO)C1CCC(F)(F)CC1. The molecule has 3 N–H and O–H groups in total. The average molecular weight is 374 g/mol. The van der Waals surface area contributed by atoms with Crippen LogP contribution in [0.3, 0.4) is 0 Å². The number of aromatic nitrogens is 2. The summed E-state index contributed by atoms with van der Waals surface area (Å²) in [5.74, 6) is -1.66. The van der Waals surface area contributed by atoms with E-state index in [4.69, 9.17) is 0 Å². The number of imidazole rings is 1. The zero-order chi connectivity index (χ0) is 17.9. The molecule has 1 fully saturated rings. The molecule has 1 unspecified atom stereocenters. The van der Waals surface area contributed by atoms with Crippen LogP contribution in [0.1, 0.15) is 31.4 Å². The van der Waals surface area contributed by atoms with Crippen LogP contribution in [0.4, 0.5) is 13.6 Å². The molecule has 1 aliphatic heterocycles. The second kappa shape index (κ2) is 7.90. The Kier molecular flexibility index (Phi) is 5.83. The minimum absolute atomic E-state index is 0.108. The lowest BCUT2D eigenvalue weighted by Crippen LogP contribution is -2.49. The third-order valence-corrected chi connectivity index (χ3v) is 5.83. The normalized spacial score (nSPS) is 20.9. The summed E-state index contributed by atoms with van der Waals surface area (Å²) in [5, 5.41) is 16.0. The van der Waals surface area contributed by atoms with E-state index in [0.717, 1.165) is 23.1 Å². The summed E-state index contributed by atoms with van der Waals surface area (Å²) < 4.78 is 28.6. The van der Waals surface area contributed by atoms with Crippen LogP contribution >= 0.6 is 11.8 Å². The number of nitrogens with one attached hydrogen (secondary N) is 2. The number of amides is 2. The van der Waals surface area contributed by atoms with Crippen LogP contribution in [-0.4, -0.2) is 51.6 Å². The van der Waals surface area contributed by atoms with Gasteiger partial charge in [0.1, 0.15) is 0 Å². The third kappa shape index (κ3) is 4.84. The van der Waals surface area contributed by atoms with Crippen LogP contribution < -0.4 is 10.6 Å². The summed E-state index contributed by atoms with van der Waals surface area (Å²) in [5.41, 5.74) is 0.940. The Balaban J connectivity index is 1.40. The highest BCUT2D eigenvalue weighted by Crippen LogP contribution is 2.37. The number of hydrogen-bond acceptors (Lipinski definition) is 4. The zero-order valence-electron chi connectivity index (χ0n) is 14.0. The summed E-state index contributed by atoms with van der Waals surface area (Å²) in [7, 11) is 0. The maximum absolute atomic E-state index is 13.2. The largest absolute Gasteiger partial charge is 0.394 e. The van der Waals surface area contributed by atoms with Crippen LogP contribution in [-0.2, 0) is 13.0 Å². The van der Waals surface area contributed by atoms with E-state index in [1.165, 1.54) is 0 Å². The van der Waals surface area contributed by atoms with E-state index >= 15 is 0 Å². The van der Waals surface area contributed by atoms with E-state index in [-0.39, 0.29) is 31.4 Å². The number of thioether (sulfide) groups is 1. The molecule has 1 atom stereocenters. The first-order valence-electron chi connectivity index (χ1n) is 8.69. The van der Waals surface area contributed by atoms with E-state index in [1.807, 2.05) is 6.20 Å². The molecule has 1 aromatic rings. The summed E-state index contributed by atoms with van der Waals surface area (Å²) in [4.78, 5) is 16.5. The van der Waals surface area contributed by atoms with Crippen LogP contribution in [0.5, 0.6) is 0 Å². The van der Waals surface area contributed by atoms with Crippen LogP contribution in [0, 0.1) is 5.92 Å².